The molecule has 0 aliphatic heterocycles. The van der Waals surface area contributed by atoms with Gasteiger partial charge in [0.1, 0.15) is 5.75 Å². The van der Waals surface area contributed by atoms with E-state index in [1.165, 1.54) is 5.56 Å². The van der Waals surface area contributed by atoms with Crippen molar-refractivity contribution in [2.24, 2.45) is 5.73 Å². The molecule has 0 amide bonds. The van der Waals surface area contributed by atoms with Crippen molar-refractivity contribution in [3.63, 3.8) is 0 Å². The van der Waals surface area contributed by atoms with Crippen LogP contribution < -0.4 is 10.5 Å². The predicted molar refractivity (Wildman–Crippen MR) is 72.0 cm³/mol. The van der Waals surface area contributed by atoms with E-state index < -0.39 is 0 Å². The summed E-state index contributed by atoms with van der Waals surface area (Å²) < 4.78 is 10.6. The van der Waals surface area contributed by atoms with E-state index in [1.54, 1.807) is 19.4 Å². The molecule has 0 radical (unpaired) electrons. The summed E-state index contributed by atoms with van der Waals surface area (Å²) in [4.78, 5) is 8.23. The van der Waals surface area contributed by atoms with Crippen LogP contribution in [0.1, 0.15) is 11.3 Å². The van der Waals surface area contributed by atoms with Crippen LogP contribution in [0.2, 0.25) is 0 Å². The first-order valence-corrected chi connectivity index (χ1v) is 6.09. The second-order valence-electron chi connectivity index (χ2n) is 4.02. The number of hydrogen-bond donors (Lipinski definition) is 1. The third-order valence-electron chi connectivity index (χ3n) is 2.63. The number of rotatable bonds is 6. The highest BCUT2D eigenvalue weighted by Crippen LogP contribution is 2.18. The van der Waals surface area contributed by atoms with Crippen LogP contribution >= 0.6 is 0 Å². The van der Waals surface area contributed by atoms with Crippen LogP contribution in [0.15, 0.2) is 36.5 Å². The normalized spacial score (nSPS) is 10.4. The molecule has 2 rings (SSSR count). The molecule has 0 saturated carbocycles. The molecule has 1 aromatic carbocycles. The summed E-state index contributed by atoms with van der Waals surface area (Å²) in [5.74, 6) is 0.704. The monoisotopic (exact) mass is 259 g/mol. The Labute approximate surface area is 112 Å². The van der Waals surface area contributed by atoms with Gasteiger partial charge in [-0.05, 0) is 30.2 Å². The Bertz CT molecular complexity index is 514. The average Bonchev–Trinajstić information content (AvgIpc) is 2.47. The van der Waals surface area contributed by atoms with Gasteiger partial charge in [-0.3, -0.25) is 0 Å². The quantitative estimate of drug-likeness (QED) is 0.858. The summed E-state index contributed by atoms with van der Waals surface area (Å²) in [6.07, 6.45) is 2.52. The highest BCUT2D eigenvalue weighted by Gasteiger charge is 2.02. The number of aromatic nitrogens is 2. The van der Waals surface area contributed by atoms with Gasteiger partial charge in [-0.25, -0.2) is 4.98 Å². The van der Waals surface area contributed by atoms with Crippen LogP contribution in [-0.4, -0.2) is 23.7 Å². The van der Waals surface area contributed by atoms with Crippen LogP contribution in [0, 0.1) is 0 Å². The van der Waals surface area contributed by atoms with Crippen LogP contribution in [0.25, 0.3) is 0 Å². The summed E-state index contributed by atoms with van der Waals surface area (Å²) in [5, 5.41) is 0. The lowest BCUT2D eigenvalue weighted by molar-refractivity contribution is 0.202. The number of methoxy groups -OCH3 is 1. The molecule has 0 unspecified atom stereocenters. The van der Waals surface area contributed by atoms with Gasteiger partial charge >= 0.3 is 6.01 Å². The summed E-state index contributed by atoms with van der Waals surface area (Å²) >= 11 is 0. The van der Waals surface area contributed by atoms with E-state index in [9.17, 15) is 0 Å². The van der Waals surface area contributed by atoms with Gasteiger partial charge in [-0.15, -0.1) is 0 Å². The van der Waals surface area contributed by atoms with Crippen molar-refractivity contribution in [2.45, 2.75) is 13.0 Å². The van der Waals surface area contributed by atoms with Gasteiger partial charge in [-0.2, -0.15) is 4.98 Å². The van der Waals surface area contributed by atoms with E-state index in [4.69, 9.17) is 15.2 Å². The fraction of sp³-hybridized carbons (Fsp3) is 0.286. The summed E-state index contributed by atoms with van der Waals surface area (Å²) in [7, 11) is 1.69. The Morgan fingerprint density at radius 2 is 1.95 bits per heavy atom. The third kappa shape index (κ3) is 4.01. The van der Waals surface area contributed by atoms with Gasteiger partial charge in [0.15, 0.2) is 0 Å². The fourth-order valence-corrected chi connectivity index (χ4v) is 1.59. The van der Waals surface area contributed by atoms with Crippen LogP contribution in [0.5, 0.6) is 11.8 Å². The Morgan fingerprint density at radius 3 is 2.63 bits per heavy atom. The summed E-state index contributed by atoms with van der Waals surface area (Å²) in [5.41, 5.74) is 7.47. The molecule has 0 saturated heterocycles. The SMILES string of the molecule is COCCc1ccc(Oc2nccc(CN)n2)cc1. The van der Waals surface area contributed by atoms with Gasteiger partial charge < -0.3 is 15.2 Å². The molecule has 1 heterocycles. The smallest absolute Gasteiger partial charge is 0.322 e. The van der Waals surface area contributed by atoms with E-state index in [2.05, 4.69) is 9.97 Å². The number of ether oxygens (including phenoxy) is 2. The summed E-state index contributed by atoms with van der Waals surface area (Å²) in [6, 6.07) is 9.86. The zero-order valence-electron chi connectivity index (χ0n) is 10.9. The highest BCUT2D eigenvalue weighted by molar-refractivity contribution is 5.29. The molecule has 0 fully saturated rings. The molecule has 100 valence electrons. The van der Waals surface area contributed by atoms with Crippen LogP contribution in [0.4, 0.5) is 0 Å². The average molecular weight is 259 g/mol. The van der Waals surface area contributed by atoms with E-state index >= 15 is 0 Å². The van der Waals surface area contributed by atoms with E-state index in [0.29, 0.717) is 24.9 Å². The van der Waals surface area contributed by atoms with Crippen molar-refractivity contribution >= 4 is 0 Å². The highest BCUT2D eigenvalue weighted by atomic mass is 16.5. The minimum Gasteiger partial charge on any atom is -0.424 e. The van der Waals surface area contributed by atoms with E-state index in [1.807, 2.05) is 24.3 Å². The number of hydrogen-bond acceptors (Lipinski definition) is 5. The Kier molecular flexibility index (Phi) is 4.83. The Morgan fingerprint density at radius 1 is 1.16 bits per heavy atom. The van der Waals surface area contributed by atoms with Gasteiger partial charge in [0.05, 0.1) is 12.3 Å². The van der Waals surface area contributed by atoms with Crippen molar-refractivity contribution in [3.8, 4) is 11.8 Å². The fourth-order valence-electron chi connectivity index (χ4n) is 1.59. The maximum absolute atomic E-state index is 5.57. The zero-order valence-corrected chi connectivity index (χ0v) is 10.9. The summed E-state index contributed by atoms with van der Waals surface area (Å²) in [6.45, 7) is 1.08. The molecule has 0 bridgehead atoms. The second-order valence-corrected chi connectivity index (χ2v) is 4.02. The number of nitrogens with zero attached hydrogens (tertiary/aromatic N) is 2. The maximum Gasteiger partial charge on any atom is 0.322 e. The first kappa shape index (κ1) is 13.5. The number of benzene rings is 1. The van der Waals surface area contributed by atoms with Crippen molar-refractivity contribution in [2.75, 3.05) is 13.7 Å². The van der Waals surface area contributed by atoms with E-state index in [-0.39, 0.29) is 0 Å². The van der Waals surface area contributed by atoms with Gasteiger partial charge in [0.2, 0.25) is 0 Å². The largest absolute Gasteiger partial charge is 0.424 e. The van der Waals surface area contributed by atoms with Crippen molar-refractivity contribution in [1.82, 2.24) is 9.97 Å². The molecule has 5 nitrogen and oxygen atoms in total. The second kappa shape index (κ2) is 6.82. The lowest BCUT2D eigenvalue weighted by Crippen LogP contribution is -2.01. The third-order valence-corrected chi connectivity index (χ3v) is 2.63. The van der Waals surface area contributed by atoms with Crippen molar-refractivity contribution in [1.29, 1.82) is 0 Å². The maximum atomic E-state index is 5.57. The van der Waals surface area contributed by atoms with E-state index in [0.717, 1.165) is 12.1 Å². The number of nitrogens with two attached hydrogens (primary N) is 1. The standard InChI is InChI=1S/C14H17N3O2/c1-18-9-7-11-2-4-13(5-3-11)19-14-16-8-6-12(10-15)17-14/h2-6,8H,7,9-10,15H2,1H3. The first-order valence-electron chi connectivity index (χ1n) is 6.09. The molecule has 2 N–H and O–H groups in total. The van der Waals surface area contributed by atoms with Crippen molar-refractivity contribution in [3.05, 3.63) is 47.8 Å². The zero-order chi connectivity index (χ0) is 13.5. The lowest BCUT2D eigenvalue weighted by Gasteiger charge is -2.06. The molecule has 0 spiro atoms. The van der Waals surface area contributed by atoms with Crippen LogP contribution in [0.3, 0.4) is 0 Å². The molecule has 0 aliphatic rings. The van der Waals surface area contributed by atoms with Gasteiger partial charge in [0.25, 0.3) is 0 Å². The molecule has 0 atom stereocenters. The molecular formula is C14H17N3O2. The van der Waals surface area contributed by atoms with Crippen molar-refractivity contribution < 1.29 is 9.47 Å². The first-order chi connectivity index (χ1) is 9.31. The molecule has 19 heavy (non-hydrogen) atoms. The van der Waals surface area contributed by atoms with Gasteiger partial charge in [0, 0.05) is 19.9 Å². The minimum absolute atomic E-state index is 0.313. The predicted octanol–water partition coefficient (Wildman–Crippen LogP) is 1.92. The Hall–Kier alpha value is -1.98. The molecular weight excluding hydrogens is 242 g/mol. The lowest BCUT2D eigenvalue weighted by atomic mass is 10.1. The Balaban J connectivity index is 2.02. The molecule has 2 aromatic rings. The van der Waals surface area contributed by atoms with Gasteiger partial charge in [-0.1, -0.05) is 12.1 Å². The van der Waals surface area contributed by atoms with Crippen LogP contribution in [-0.2, 0) is 17.7 Å². The molecule has 5 heteroatoms. The molecule has 1 aromatic heterocycles. The minimum atomic E-state index is 0.313. The molecule has 0 aliphatic carbocycles. The topological polar surface area (TPSA) is 70.3 Å².